The molecule has 0 bridgehead atoms. The topological polar surface area (TPSA) is 81.3 Å². The van der Waals surface area contributed by atoms with Gasteiger partial charge in [0, 0.05) is 24.1 Å². The number of ether oxygens (including phenoxy) is 3. The van der Waals surface area contributed by atoms with Crippen molar-refractivity contribution in [1.82, 2.24) is 10.2 Å². The molecule has 0 saturated carbocycles. The molecule has 0 radical (unpaired) electrons. The van der Waals surface area contributed by atoms with Gasteiger partial charge in [0.15, 0.2) is 17.5 Å². The molecule has 1 aromatic carbocycles. The monoisotopic (exact) mass is 414 g/mol. The van der Waals surface area contributed by atoms with Crippen molar-refractivity contribution in [2.75, 3.05) is 53.6 Å². The molecule has 0 spiro atoms. The lowest BCUT2D eigenvalue weighted by Gasteiger charge is -2.26. The average Bonchev–Trinajstić information content (AvgIpc) is 2.64. The standard InChI is InChI=1S/C17H27BrN4O3/c1-23-15-10-13(14(18)11-16(15)24-2)12-21-17(19)20-4-3-5-22-6-8-25-9-7-22/h10-11H,3-9,12H2,1-2H3,(H3,19,20,21). The van der Waals surface area contributed by atoms with Crippen molar-refractivity contribution in [2.24, 2.45) is 10.7 Å². The van der Waals surface area contributed by atoms with E-state index in [9.17, 15) is 0 Å². The number of guanidine groups is 1. The van der Waals surface area contributed by atoms with E-state index in [1.54, 1.807) is 14.2 Å². The minimum absolute atomic E-state index is 0.448. The number of hydrogen-bond acceptors (Lipinski definition) is 5. The highest BCUT2D eigenvalue weighted by Crippen LogP contribution is 2.33. The minimum atomic E-state index is 0.448. The predicted molar refractivity (Wildman–Crippen MR) is 102 cm³/mol. The normalized spacial score (nSPS) is 15.9. The van der Waals surface area contributed by atoms with Gasteiger partial charge >= 0.3 is 0 Å². The van der Waals surface area contributed by atoms with Gasteiger partial charge in [-0.2, -0.15) is 0 Å². The number of hydrogen-bond donors (Lipinski definition) is 2. The second kappa shape index (κ2) is 10.5. The zero-order chi connectivity index (χ0) is 18.1. The molecule has 8 heteroatoms. The molecule has 140 valence electrons. The van der Waals surface area contributed by atoms with Crippen LogP contribution in [0.15, 0.2) is 21.6 Å². The molecule has 0 unspecified atom stereocenters. The summed E-state index contributed by atoms with van der Waals surface area (Å²) in [7, 11) is 3.23. The minimum Gasteiger partial charge on any atom is -0.493 e. The third kappa shape index (κ3) is 6.37. The Kier molecular flexibility index (Phi) is 8.30. The molecule has 1 aliphatic heterocycles. The molecule has 7 nitrogen and oxygen atoms in total. The average molecular weight is 415 g/mol. The first kappa shape index (κ1) is 19.8. The lowest BCUT2D eigenvalue weighted by atomic mass is 10.2. The van der Waals surface area contributed by atoms with Crippen molar-refractivity contribution in [2.45, 2.75) is 13.0 Å². The van der Waals surface area contributed by atoms with E-state index in [1.807, 2.05) is 12.1 Å². The third-order valence-corrected chi connectivity index (χ3v) is 4.77. The predicted octanol–water partition coefficient (Wildman–Crippen LogP) is 1.59. The molecule has 1 fully saturated rings. The van der Waals surface area contributed by atoms with Gasteiger partial charge in [-0.1, -0.05) is 15.9 Å². The lowest BCUT2D eigenvalue weighted by molar-refractivity contribution is 0.0376. The highest BCUT2D eigenvalue weighted by atomic mass is 79.9. The van der Waals surface area contributed by atoms with Crippen molar-refractivity contribution in [3.05, 3.63) is 22.2 Å². The quantitative estimate of drug-likeness (QED) is 0.381. The first-order chi connectivity index (χ1) is 12.1. The van der Waals surface area contributed by atoms with E-state index < -0.39 is 0 Å². The molecule has 3 N–H and O–H groups in total. The summed E-state index contributed by atoms with van der Waals surface area (Å²) in [5.41, 5.74) is 6.93. The molecule has 1 aliphatic rings. The van der Waals surface area contributed by atoms with Gasteiger partial charge in [0.1, 0.15) is 0 Å². The number of nitrogens with zero attached hydrogens (tertiary/aromatic N) is 2. The van der Waals surface area contributed by atoms with E-state index in [1.165, 1.54) is 0 Å². The molecule has 25 heavy (non-hydrogen) atoms. The van der Waals surface area contributed by atoms with Gasteiger partial charge in [-0.15, -0.1) is 0 Å². The van der Waals surface area contributed by atoms with E-state index >= 15 is 0 Å². The molecule has 0 amide bonds. The van der Waals surface area contributed by atoms with E-state index in [4.69, 9.17) is 19.9 Å². The smallest absolute Gasteiger partial charge is 0.188 e. The Labute approximate surface area is 157 Å². The van der Waals surface area contributed by atoms with Crippen LogP contribution in [0, 0.1) is 0 Å². The summed E-state index contributed by atoms with van der Waals surface area (Å²) in [6.07, 6.45) is 1.02. The molecule has 1 heterocycles. The van der Waals surface area contributed by atoms with Crippen LogP contribution in [0.3, 0.4) is 0 Å². The summed E-state index contributed by atoms with van der Waals surface area (Å²) in [6.45, 7) is 6.00. The van der Waals surface area contributed by atoms with E-state index in [-0.39, 0.29) is 0 Å². The van der Waals surface area contributed by atoms with E-state index in [0.29, 0.717) is 24.0 Å². The van der Waals surface area contributed by atoms with Crippen LogP contribution in [0.1, 0.15) is 12.0 Å². The molecule has 0 atom stereocenters. The van der Waals surface area contributed by atoms with Crippen LogP contribution in [0.5, 0.6) is 11.5 Å². The number of aliphatic imine (C=N–C) groups is 1. The summed E-state index contributed by atoms with van der Waals surface area (Å²) < 4.78 is 16.8. The number of morpholine rings is 1. The highest BCUT2D eigenvalue weighted by Gasteiger charge is 2.10. The highest BCUT2D eigenvalue weighted by molar-refractivity contribution is 9.10. The first-order valence-corrected chi connectivity index (χ1v) is 9.17. The summed E-state index contributed by atoms with van der Waals surface area (Å²) in [6, 6.07) is 3.77. The fourth-order valence-electron chi connectivity index (χ4n) is 2.59. The SMILES string of the molecule is COc1cc(Br)c(CN=C(N)NCCCN2CCOCC2)cc1OC. The molecule has 1 aromatic rings. The summed E-state index contributed by atoms with van der Waals surface area (Å²) in [5, 5.41) is 3.16. The Morgan fingerprint density at radius 3 is 2.64 bits per heavy atom. The van der Waals surface area contributed by atoms with Crippen molar-refractivity contribution in [3.8, 4) is 11.5 Å². The van der Waals surface area contributed by atoms with Gasteiger partial charge in [0.2, 0.25) is 0 Å². The fourth-order valence-corrected chi connectivity index (χ4v) is 3.04. The van der Waals surface area contributed by atoms with Crippen LogP contribution in [0.25, 0.3) is 0 Å². The van der Waals surface area contributed by atoms with Crippen molar-refractivity contribution < 1.29 is 14.2 Å². The van der Waals surface area contributed by atoms with Gasteiger partial charge in [0.25, 0.3) is 0 Å². The Bertz CT molecular complexity index is 577. The van der Waals surface area contributed by atoms with Crippen LogP contribution < -0.4 is 20.5 Å². The number of nitrogens with one attached hydrogen (secondary N) is 1. The Morgan fingerprint density at radius 2 is 1.96 bits per heavy atom. The zero-order valence-corrected chi connectivity index (χ0v) is 16.5. The number of rotatable bonds is 8. The lowest BCUT2D eigenvalue weighted by Crippen LogP contribution is -2.39. The van der Waals surface area contributed by atoms with Crippen molar-refractivity contribution in [3.63, 3.8) is 0 Å². The maximum atomic E-state index is 5.95. The van der Waals surface area contributed by atoms with Gasteiger partial charge in [-0.05, 0) is 30.7 Å². The zero-order valence-electron chi connectivity index (χ0n) is 14.9. The van der Waals surface area contributed by atoms with Crippen LogP contribution in [0.4, 0.5) is 0 Å². The molecule has 0 aromatic heterocycles. The molecular formula is C17H27BrN4O3. The van der Waals surface area contributed by atoms with Gasteiger partial charge in [-0.25, -0.2) is 4.99 Å². The Morgan fingerprint density at radius 1 is 1.28 bits per heavy atom. The number of benzene rings is 1. The Balaban J connectivity index is 1.78. The maximum Gasteiger partial charge on any atom is 0.188 e. The van der Waals surface area contributed by atoms with Crippen LogP contribution in [0.2, 0.25) is 0 Å². The van der Waals surface area contributed by atoms with E-state index in [0.717, 1.165) is 55.8 Å². The van der Waals surface area contributed by atoms with Crippen molar-refractivity contribution >= 4 is 21.9 Å². The number of nitrogens with two attached hydrogens (primary N) is 1. The molecular weight excluding hydrogens is 388 g/mol. The van der Waals surface area contributed by atoms with Crippen molar-refractivity contribution in [1.29, 1.82) is 0 Å². The largest absolute Gasteiger partial charge is 0.493 e. The second-order valence-corrected chi connectivity index (χ2v) is 6.59. The third-order valence-electron chi connectivity index (χ3n) is 4.03. The second-order valence-electron chi connectivity index (χ2n) is 5.73. The molecule has 2 rings (SSSR count). The summed E-state index contributed by atoms with van der Waals surface area (Å²) in [4.78, 5) is 6.80. The fraction of sp³-hybridized carbons (Fsp3) is 0.588. The number of methoxy groups -OCH3 is 2. The molecule has 1 saturated heterocycles. The van der Waals surface area contributed by atoms with Crippen LogP contribution in [-0.2, 0) is 11.3 Å². The van der Waals surface area contributed by atoms with Crippen LogP contribution >= 0.6 is 15.9 Å². The molecule has 0 aliphatic carbocycles. The first-order valence-electron chi connectivity index (χ1n) is 8.38. The van der Waals surface area contributed by atoms with Gasteiger partial charge < -0.3 is 25.3 Å². The maximum absolute atomic E-state index is 5.95. The summed E-state index contributed by atoms with van der Waals surface area (Å²) in [5.74, 6) is 1.80. The Hall–Kier alpha value is -1.51. The summed E-state index contributed by atoms with van der Waals surface area (Å²) >= 11 is 3.53. The number of halogens is 1. The van der Waals surface area contributed by atoms with E-state index in [2.05, 4.69) is 31.1 Å². The van der Waals surface area contributed by atoms with Gasteiger partial charge in [0.05, 0.1) is 34.0 Å². The van der Waals surface area contributed by atoms with Gasteiger partial charge in [-0.3, -0.25) is 4.90 Å². The van der Waals surface area contributed by atoms with Crippen LogP contribution in [-0.4, -0.2) is 64.5 Å².